The standard InChI is InChI=1S/C13H11BrN2O3/c1-18-13(17)8-6-7-16-12(11(8)15)19-10-5-3-2-4-9(10)14/h2-7H,15H2,1H3. The zero-order valence-corrected chi connectivity index (χ0v) is 11.7. The molecule has 6 heteroatoms. The molecule has 0 bridgehead atoms. The summed E-state index contributed by atoms with van der Waals surface area (Å²) < 4.78 is 11.0. The molecule has 5 nitrogen and oxygen atoms in total. The van der Waals surface area contributed by atoms with Gasteiger partial charge in [0.05, 0.1) is 17.1 Å². The molecule has 2 N–H and O–H groups in total. The SMILES string of the molecule is COC(=O)c1ccnc(Oc2ccccc2Br)c1N. The maximum Gasteiger partial charge on any atom is 0.340 e. The van der Waals surface area contributed by atoms with Crippen LogP contribution in [-0.2, 0) is 4.74 Å². The first-order chi connectivity index (χ1) is 9.13. The Labute approximate surface area is 118 Å². The molecule has 2 aromatic rings. The second kappa shape index (κ2) is 5.71. The lowest BCUT2D eigenvalue weighted by molar-refractivity contribution is 0.0601. The lowest BCUT2D eigenvalue weighted by Crippen LogP contribution is -2.07. The van der Waals surface area contributed by atoms with E-state index in [-0.39, 0.29) is 17.1 Å². The van der Waals surface area contributed by atoms with E-state index in [1.807, 2.05) is 18.2 Å². The first-order valence-electron chi connectivity index (χ1n) is 5.38. The molecule has 0 saturated carbocycles. The number of hydrogen-bond acceptors (Lipinski definition) is 5. The Hall–Kier alpha value is -2.08. The molecule has 2 rings (SSSR count). The number of esters is 1. The molecule has 0 fully saturated rings. The van der Waals surface area contributed by atoms with Crippen LogP contribution in [0.4, 0.5) is 5.69 Å². The van der Waals surface area contributed by atoms with Crippen LogP contribution in [-0.4, -0.2) is 18.1 Å². The number of pyridine rings is 1. The number of methoxy groups -OCH3 is 1. The molecule has 0 saturated heterocycles. The maximum atomic E-state index is 11.5. The minimum atomic E-state index is -0.531. The predicted molar refractivity (Wildman–Crippen MR) is 74.2 cm³/mol. The van der Waals surface area contributed by atoms with Crippen LogP contribution in [0, 0.1) is 0 Å². The summed E-state index contributed by atoms with van der Waals surface area (Å²) in [5.41, 5.74) is 6.22. The molecule has 0 aliphatic rings. The number of nitrogens with two attached hydrogens (primary N) is 1. The fraction of sp³-hybridized carbons (Fsp3) is 0.0769. The molecular formula is C13H11BrN2O3. The molecule has 0 unspecified atom stereocenters. The monoisotopic (exact) mass is 322 g/mol. The average molecular weight is 323 g/mol. The highest BCUT2D eigenvalue weighted by Gasteiger charge is 2.15. The Kier molecular flexibility index (Phi) is 4.01. The lowest BCUT2D eigenvalue weighted by Gasteiger charge is -2.10. The quantitative estimate of drug-likeness (QED) is 0.879. The average Bonchev–Trinajstić information content (AvgIpc) is 2.42. The number of nitrogens with zero attached hydrogens (tertiary/aromatic N) is 1. The Morgan fingerprint density at radius 1 is 1.32 bits per heavy atom. The van der Waals surface area contributed by atoms with Gasteiger partial charge in [-0.15, -0.1) is 0 Å². The minimum Gasteiger partial charge on any atom is -0.465 e. The van der Waals surface area contributed by atoms with Crippen LogP contribution in [0.5, 0.6) is 11.6 Å². The number of hydrogen-bond donors (Lipinski definition) is 1. The Morgan fingerprint density at radius 3 is 2.74 bits per heavy atom. The van der Waals surface area contributed by atoms with Gasteiger partial charge < -0.3 is 15.2 Å². The summed E-state index contributed by atoms with van der Waals surface area (Å²) >= 11 is 3.35. The van der Waals surface area contributed by atoms with Gasteiger partial charge in [-0.2, -0.15) is 0 Å². The lowest BCUT2D eigenvalue weighted by atomic mass is 10.2. The smallest absolute Gasteiger partial charge is 0.340 e. The van der Waals surface area contributed by atoms with E-state index in [9.17, 15) is 4.79 Å². The van der Waals surface area contributed by atoms with Gasteiger partial charge in [0.1, 0.15) is 11.4 Å². The van der Waals surface area contributed by atoms with Crippen molar-refractivity contribution in [2.45, 2.75) is 0 Å². The third-order valence-electron chi connectivity index (χ3n) is 2.40. The zero-order chi connectivity index (χ0) is 13.8. The highest BCUT2D eigenvalue weighted by molar-refractivity contribution is 9.10. The molecule has 0 spiro atoms. The summed E-state index contributed by atoms with van der Waals surface area (Å²) in [5, 5.41) is 0. The van der Waals surface area contributed by atoms with Gasteiger partial charge in [0.15, 0.2) is 0 Å². The molecule has 1 aromatic heterocycles. The van der Waals surface area contributed by atoms with Crippen LogP contribution < -0.4 is 10.5 Å². The van der Waals surface area contributed by atoms with Crippen molar-refractivity contribution in [1.82, 2.24) is 4.98 Å². The van der Waals surface area contributed by atoms with E-state index in [2.05, 4.69) is 25.7 Å². The number of carbonyl (C=O) groups is 1. The van der Waals surface area contributed by atoms with Crippen molar-refractivity contribution in [1.29, 1.82) is 0 Å². The number of aromatic nitrogens is 1. The van der Waals surface area contributed by atoms with Crippen LogP contribution in [0.1, 0.15) is 10.4 Å². The number of benzene rings is 1. The van der Waals surface area contributed by atoms with E-state index >= 15 is 0 Å². The van der Waals surface area contributed by atoms with Crippen LogP contribution in [0.3, 0.4) is 0 Å². The van der Waals surface area contributed by atoms with Gasteiger partial charge in [-0.3, -0.25) is 0 Å². The minimum absolute atomic E-state index is 0.144. The van der Waals surface area contributed by atoms with Gasteiger partial charge in [0, 0.05) is 6.20 Å². The van der Waals surface area contributed by atoms with Gasteiger partial charge in [-0.05, 0) is 34.1 Å². The van der Waals surface area contributed by atoms with Crippen molar-refractivity contribution < 1.29 is 14.3 Å². The zero-order valence-electron chi connectivity index (χ0n) is 10.1. The fourth-order valence-corrected chi connectivity index (χ4v) is 1.82. The maximum absolute atomic E-state index is 11.5. The molecule has 1 aromatic carbocycles. The summed E-state index contributed by atoms with van der Waals surface area (Å²) in [4.78, 5) is 15.5. The second-order valence-corrected chi connectivity index (χ2v) is 4.46. The van der Waals surface area contributed by atoms with E-state index < -0.39 is 5.97 Å². The highest BCUT2D eigenvalue weighted by Crippen LogP contribution is 2.32. The van der Waals surface area contributed by atoms with Crippen molar-refractivity contribution in [3.05, 3.63) is 46.6 Å². The predicted octanol–water partition coefficient (Wildman–Crippen LogP) is 3.01. The van der Waals surface area contributed by atoms with Crippen LogP contribution >= 0.6 is 15.9 Å². The molecule has 0 amide bonds. The van der Waals surface area contributed by atoms with Crippen LogP contribution in [0.25, 0.3) is 0 Å². The van der Waals surface area contributed by atoms with E-state index in [1.54, 1.807) is 6.07 Å². The van der Waals surface area contributed by atoms with E-state index in [0.29, 0.717) is 5.75 Å². The van der Waals surface area contributed by atoms with Gasteiger partial charge in [0.2, 0.25) is 5.88 Å². The first-order valence-corrected chi connectivity index (χ1v) is 6.18. The van der Waals surface area contributed by atoms with Gasteiger partial charge in [-0.1, -0.05) is 12.1 Å². The largest absolute Gasteiger partial charge is 0.465 e. The van der Waals surface area contributed by atoms with Crippen molar-refractivity contribution in [2.24, 2.45) is 0 Å². The number of para-hydroxylation sites is 1. The number of halogens is 1. The summed E-state index contributed by atoms with van der Waals surface area (Å²) in [6.07, 6.45) is 1.44. The molecule has 98 valence electrons. The van der Waals surface area contributed by atoms with Crippen molar-refractivity contribution in [3.8, 4) is 11.6 Å². The summed E-state index contributed by atoms with van der Waals surface area (Å²) in [5.74, 6) is 0.190. The Morgan fingerprint density at radius 2 is 2.05 bits per heavy atom. The van der Waals surface area contributed by atoms with Crippen LogP contribution in [0.2, 0.25) is 0 Å². The van der Waals surface area contributed by atoms with E-state index in [4.69, 9.17) is 10.5 Å². The Balaban J connectivity index is 2.37. The summed E-state index contributed by atoms with van der Waals surface area (Å²) in [6, 6.07) is 8.75. The fourth-order valence-electron chi connectivity index (χ4n) is 1.45. The molecule has 0 atom stereocenters. The topological polar surface area (TPSA) is 74.4 Å². The van der Waals surface area contributed by atoms with E-state index in [1.165, 1.54) is 19.4 Å². The number of ether oxygens (including phenoxy) is 2. The molecule has 19 heavy (non-hydrogen) atoms. The summed E-state index contributed by atoms with van der Waals surface area (Å²) in [7, 11) is 1.29. The van der Waals surface area contributed by atoms with Crippen molar-refractivity contribution in [2.75, 3.05) is 12.8 Å². The van der Waals surface area contributed by atoms with Crippen LogP contribution in [0.15, 0.2) is 41.0 Å². The van der Waals surface area contributed by atoms with Gasteiger partial charge >= 0.3 is 5.97 Å². The number of anilines is 1. The van der Waals surface area contributed by atoms with Gasteiger partial charge in [-0.25, -0.2) is 9.78 Å². The van der Waals surface area contributed by atoms with E-state index in [0.717, 1.165) is 4.47 Å². The first kappa shape index (κ1) is 13.4. The normalized spacial score (nSPS) is 10.0. The molecule has 0 radical (unpaired) electrons. The molecule has 0 aliphatic carbocycles. The third-order valence-corrected chi connectivity index (χ3v) is 3.06. The molecule has 1 heterocycles. The van der Waals surface area contributed by atoms with Crippen molar-refractivity contribution in [3.63, 3.8) is 0 Å². The molecule has 0 aliphatic heterocycles. The second-order valence-electron chi connectivity index (χ2n) is 3.60. The van der Waals surface area contributed by atoms with Crippen molar-refractivity contribution >= 4 is 27.6 Å². The molecular weight excluding hydrogens is 312 g/mol. The Bertz CT molecular complexity index is 617. The summed E-state index contributed by atoms with van der Waals surface area (Å²) in [6.45, 7) is 0. The number of carbonyl (C=O) groups excluding carboxylic acids is 1. The number of nitrogen functional groups attached to an aromatic ring is 1. The van der Waals surface area contributed by atoms with Gasteiger partial charge in [0.25, 0.3) is 0 Å². The number of rotatable bonds is 3. The highest BCUT2D eigenvalue weighted by atomic mass is 79.9. The third kappa shape index (κ3) is 2.85.